The highest BCUT2D eigenvalue weighted by atomic mass is 16.3. The monoisotopic (exact) mass is 252 g/mol. The molecule has 0 radical (unpaired) electrons. The molecule has 1 unspecified atom stereocenters. The van der Waals surface area contributed by atoms with E-state index < -0.39 is 12.0 Å². The zero-order valence-electron chi connectivity index (χ0n) is 10.2. The van der Waals surface area contributed by atoms with Gasteiger partial charge in [0.15, 0.2) is 0 Å². The minimum Gasteiger partial charge on any atom is -0.381 e. The molecule has 0 aromatic rings. The van der Waals surface area contributed by atoms with Crippen molar-refractivity contribution in [2.75, 3.05) is 19.6 Å². The number of nitrogens with one attached hydrogen (secondary N) is 1. The van der Waals surface area contributed by atoms with Crippen molar-refractivity contribution in [2.24, 2.45) is 0 Å². The lowest BCUT2D eigenvalue weighted by atomic mass is 10.2. The second-order valence-corrected chi connectivity index (χ2v) is 3.59. The highest BCUT2D eigenvalue weighted by molar-refractivity contribution is 5.82. The summed E-state index contributed by atoms with van der Waals surface area (Å²) in [5.41, 5.74) is 0. The minimum absolute atomic E-state index is 0.129. The van der Waals surface area contributed by atoms with Gasteiger partial charge in [0, 0.05) is 20.0 Å². The van der Waals surface area contributed by atoms with Crippen molar-refractivity contribution >= 4 is 11.8 Å². The molecule has 0 aliphatic rings. The van der Waals surface area contributed by atoms with Gasteiger partial charge in [-0.2, -0.15) is 10.5 Å². The summed E-state index contributed by atoms with van der Waals surface area (Å²) in [5, 5.41) is 28.8. The molecule has 7 nitrogen and oxygen atoms in total. The Bertz CT molecular complexity index is 351. The Kier molecular flexibility index (Phi) is 7.91. The van der Waals surface area contributed by atoms with Crippen LogP contribution in [0.15, 0.2) is 0 Å². The number of hydrogen-bond acceptors (Lipinski definition) is 5. The van der Waals surface area contributed by atoms with Crippen molar-refractivity contribution in [1.29, 1.82) is 10.5 Å². The first-order chi connectivity index (χ1) is 8.52. The standard InChI is InChI=1S/C11H16N4O3/c1-9(16)14-8-10(17)11(18)15(6-2-4-12)7-3-5-13/h10,17H,2-3,6-8H2,1H3,(H,14,16). The zero-order valence-corrected chi connectivity index (χ0v) is 10.2. The SMILES string of the molecule is CC(=O)NCC(O)C(=O)N(CCC#N)CCC#N. The number of nitrogens with zero attached hydrogens (tertiary/aromatic N) is 3. The summed E-state index contributed by atoms with van der Waals surface area (Å²) >= 11 is 0. The maximum Gasteiger partial charge on any atom is 0.253 e. The Morgan fingerprint density at radius 2 is 1.78 bits per heavy atom. The van der Waals surface area contributed by atoms with E-state index in [2.05, 4.69) is 5.32 Å². The fourth-order valence-electron chi connectivity index (χ4n) is 1.24. The first-order valence-electron chi connectivity index (χ1n) is 5.48. The molecule has 0 rings (SSSR count). The molecule has 0 aliphatic heterocycles. The van der Waals surface area contributed by atoms with E-state index in [0.29, 0.717) is 0 Å². The van der Waals surface area contributed by atoms with Crippen LogP contribution in [0.25, 0.3) is 0 Å². The van der Waals surface area contributed by atoms with Crippen LogP contribution in [0.3, 0.4) is 0 Å². The van der Waals surface area contributed by atoms with E-state index in [1.165, 1.54) is 11.8 Å². The van der Waals surface area contributed by atoms with Crippen LogP contribution in [0.2, 0.25) is 0 Å². The molecule has 0 saturated heterocycles. The summed E-state index contributed by atoms with van der Waals surface area (Å²) in [6.07, 6.45) is -1.10. The highest BCUT2D eigenvalue weighted by Crippen LogP contribution is 1.99. The molecule has 0 heterocycles. The largest absolute Gasteiger partial charge is 0.381 e. The molecule has 7 heteroatoms. The topological polar surface area (TPSA) is 117 Å². The van der Waals surface area contributed by atoms with Crippen LogP contribution in [-0.2, 0) is 9.59 Å². The van der Waals surface area contributed by atoms with Gasteiger partial charge < -0.3 is 15.3 Å². The van der Waals surface area contributed by atoms with E-state index >= 15 is 0 Å². The molecule has 1 atom stereocenters. The summed E-state index contributed by atoms with van der Waals surface area (Å²) in [5.74, 6) is -0.934. The molecule has 0 aromatic carbocycles. The van der Waals surface area contributed by atoms with Gasteiger partial charge in [-0.25, -0.2) is 0 Å². The Hall–Kier alpha value is -2.12. The van der Waals surface area contributed by atoms with Gasteiger partial charge in [-0.05, 0) is 0 Å². The van der Waals surface area contributed by atoms with Gasteiger partial charge >= 0.3 is 0 Å². The average molecular weight is 252 g/mol. The molecule has 98 valence electrons. The number of carbonyl (C=O) groups is 2. The van der Waals surface area contributed by atoms with E-state index in [9.17, 15) is 14.7 Å². The minimum atomic E-state index is -1.36. The summed E-state index contributed by atoms with van der Waals surface area (Å²) in [7, 11) is 0. The van der Waals surface area contributed by atoms with Crippen molar-refractivity contribution in [3.63, 3.8) is 0 Å². The van der Waals surface area contributed by atoms with Crippen LogP contribution < -0.4 is 5.32 Å². The highest BCUT2D eigenvalue weighted by Gasteiger charge is 2.21. The Balaban J connectivity index is 4.38. The number of hydrogen-bond donors (Lipinski definition) is 2. The molecule has 18 heavy (non-hydrogen) atoms. The fourth-order valence-corrected chi connectivity index (χ4v) is 1.24. The average Bonchev–Trinajstić information content (AvgIpc) is 2.35. The van der Waals surface area contributed by atoms with Crippen LogP contribution in [0, 0.1) is 22.7 Å². The molecule has 2 amide bonds. The van der Waals surface area contributed by atoms with Crippen molar-refractivity contribution < 1.29 is 14.7 Å². The maximum absolute atomic E-state index is 11.8. The third kappa shape index (κ3) is 6.46. The van der Waals surface area contributed by atoms with Gasteiger partial charge in [0.2, 0.25) is 5.91 Å². The van der Waals surface area contributed by atoms with Gasteiger partial charge in [-0.15, -0.1) is 0 Å². The van der Waals surface area contributed by atoms with E-state index in [4.69, 9.17) is 10.5 Å². The lowest BCUT2D eigenvalue weighted by Gasteiger charge is -2.23. The van der Waals surface area contributed by atoms with E-state index in [-0.39, 0.29) is 38.4 Å². The number of aliphatic hydroxyl groups excluding tert-OH is 1. The fraction of sp³-hybridized carbons (Fsp3) is 0.636. The van der Waals surface area contributed by atoms with Crippen LogP contribution in [0.5, 0.6) is 0 Å². The first-order valence-corrected chi connectivity index (χ1v) is 5.48. The van der Waals surface area contributed by atoms with Gasteiger partial charge in [-0.1, -0.05) is 0 Å². The number of rotatable bonds is 7. The quantitative estimate of drug-likeness (QED) is 0.611. The van der Waals surface area contributed by atoms with Crippen LogP contribution in [0.1, 0.15) is 19.8 Å². The summed E-state index contributed by atoms with van der Waals surface area (Å²) in [4.78, 5) is 23.7. The van der Waals surface area contributed by atoms with Crippen molar-refractivity contribution in [3.05, 3.63) is 0 Å². The lowest BCUT2D eigenvalue weighted by molar-refractivity contribution is -0.140. The molecule has 0 bridgehead atoms. The third-order valence-electron chi connectivity index (χ3n) is 2.13. The van der Waals surface area contributed by atoms with E-state index in [0.717, 1.165) is 0 Å². The summed E-state index contributed by atoms with van der Waals surface area (Å²) < 4.78 is 0. The second-order valence-electron chi connectivity index (χ2n) is 3.59. The Morgan fingerprint density at radius 3 is 2.17 bits per heavy atom. The van der Waals surface area contributed by atoms with Crippen LogP contribution >= 0.6 is 0 Å². The summed E-state index contributed by atoms with van der Waals surface area (Å²) in [6, 6.07) is 3.78. The van der Waals surface area contributed by atoms with E-state index in [1.807, 2.05) is 12.1 Å². The molecule has 0 aromatic heterocycles. The van der Waals surface area contributed by atoms with Crippen LogP contribution in [-0.4, -0.2) is 47.6 Å². The smallest absolute Gasteiger partial charge is 0.253 e. The molecular weight excluding hydrogens is 236 g/mol. The van der Waals surface area contributed by atoms with E-state index in [1.54, 1.807) is 0 Å². The zero-order chi connectivity index (χ0) is 14.0. The molecule has 0 aliphatic carbocycles. The first kappa shape index (κ1) is 15.9. The Morgan fingerprint density at radius 1 is 1.28 bits per heavy atom. The lowest BCUT2D eigenvalue weighted by Crippen LogP contribution is -2.45. The number of amides is 2. The molecule has 0 fully saturated rings. The van der Waals surface area contributed by atoms with Gasteiger partial charge in [0.05, 0.1) is 31.5 Å². The number of carbonyl (C=O) groups excluding carboxylic acids is 2. The predicted molar refractivity (Wildman–Crippen MR) is 61.7 cm³/mol. The van der Waals surface area contributed by atoms with Crippen molar-refractivity contribution in [3.8, 4) is 12.1 Å². The normalized spacial score (nSPS) is 10.9. The van der Waals surface area contributed by atoms with Crippen molar-refractivity contribution in [2.45, 2.75) is 25.9 Å². The summed E-state index contributed by atoms with van der Waals surface area (Å²) in [6.45, 7) is 1.42. The predicted octanol–water partition coefficient (Wildman–Crippen LogP) is -0.861. The molecule has 2 N–H and O–H groups in total. The Labute approximate surface area is 106 Å². The third-order valence-corrected chi connectivity index (χ3v) is 2.13. The number of aliphatic hydroxyl groups is 1. The molecule has 0 spiro atoms. The molecular formula is C11H16N4O3. The van der Waals surface area contributed by atoms with Gasteiger partial charge in [-0.3, -0.25) is 9.59 Å². The van der Waals surface area contributed by atoms with Crippen LogP contribution in [0.4, 0.5) is 0 Å². The van der Waals surface area contributed by atoms with Crippen molar-refractivity contribution in [1.82, 2.24) is 10.2 Å². The second kappa shape index (κ2) is 8.97. The number of nitriles is 2. The van der Waals surface area contributed by atoms with Gasteiger partial charge in [0.1, 0.15) is 6.10 Å². The molecule has 0 saturated carbocycles. The maximum atomic E-state index is 11.8. The van der Waals surface area contributed by atoms with Gasteiger partial charge in [0.25, 0.3) is 5.91 Å².